The molecule has 0 saturated heterocycles. The van der Waals surface area contributed by atoms with E-state index in [0.717, 1.165) is 39.4 Å². The fourth-order valence-electron chi connectivity index (χ4n) is 3.14. The maximum atomic E-state index is 6.13. The van der Waals surface area contributed by atoms with E-state index in [9.17, 15) is 0 Å². The van der Waals surface area contributed by atoms with Gasteiger partial charge in [0.2, 0.25) is 0 Å². The number of nitrogen functional groups attached to an aromatic ring is 1. The highest BCUT2D eigenvalue weighted by Crippen LogP contribution is 2.36. The minimum absolute atomic E-state index is 0.364. The average Bonchev–Trinajstić information content (AvgIpc) is 3.15. The summed E-state index contributed by atoms with van der Waals surface area (Å²) in [6.45, 7) is 4.69. The zero-order valence-electron chi connectivity index (χ0n) is 15.2. The minimum atomic E-state index is 0.364. The fourth-order valence-corrected chi connectivity index (χ4v) is 3.14. The lowest BCUT2D eigenvalue weighted by atomic mass is 10.0. The molecule has 4 rings (SSSR count). The predicted octanol–water partition coefficient (Wildman–Crippen LogP) is 4.51. The summed E-state index contributed by atoms with van der Waals surface area (Å²) < 4.78 is 6.13. The monoisotopic (exact) mass is 357 g/mol. The van der Waals surface area contributed by atoms with Crippen LogP contribution in [0.3, 0.4) is 0 Å². The van der Waals surface area contributed by atoms with Crippen molar-refractivity contribution in [3.8, 4) is 11.3 Å². The topological polar surface area (TPSA) is 90.2 Å². The molecule has 3 heterocycles. The Bertz CT molecular complexity index is 1180. The highest BCUT2D eigenvalue weighted by atomic mass is 16.3. The van der Waals surface area contributed by atoms with E-state index in [2.05, 4.69) is 20.2 Å². The van der Waals surface area contributed by atoms with E-state index in [0.29, 0.717) is 17.2 Å². The van der Waals surface area contributed by atoms with Crippen LogP contribution in [-0.2, 0) is 0 Å². The molecule has 134 valence electrons. The van der Waals surface area contributed by atoms with Gasteiger partial charge in [0, 0.05) is 46.2 Å². The van der Waals surface area contributed by atoms with Gasteiger partial charge >= 0.3 is 0 Å². The van der Waals surface area contributed by atoms with Crippen LogP contribution in [0.1, 0.15) is 19.4 Å². The Labute approximate surface area is 156 Å². The van der Waals surface area contributed by atoms with Crippen molar-refractivity contribution in [2.24, 2.45) is 4.99 Å². The molecule has 4 aromatic rings. The standard InChI is InChI=1S/C21H19N5O/c1-3-13(9-23-4-2)17-11-24-21(22)20-16(17)8-19(27-20)15-7-5-6-14-10-25-26-12-18(14)15/h3,5-12H,4H2,1-2H3,(H2,22,24)/b13-3+,23-9-. The summed E-state index contributed by atoms with van der Waals surface area (Å²) in [4.78, 5) is 8.67. The molecule has 27 heavy (non-hydrogen) atoms. The number of nitrogens with two attached hydrogens (primary N) is 1. The van der Waals surface area contributed by atoms with Crippen molar-refractivity contribution in [1.29, 1.82) is 0 Å². The number of hydrogen-bond acceptors (Lipinski definition) is 6. The molecule has 3 aromatic heterocycles. The third kappa shape index (κ3) is 2.95. The molecule has 0 saturated carbocycles. The van der Waals surface area contributed by atoms with Gasteiger partial charge in [0.25, 0.3) is 0 Å². The number of benzene rings is 1. The molecular formula is C21H19N5O. The molecule has 0 aliphatic carbocycles. The molecule has 0 fully saturated rings. The molecule has 6 heteroatoms. The van der Waals surface area contributed by atoms with Crippen molar-refractivity contribution in [2.75, 3.05) is 12.3 Å². The van der Waals surface area contributed by atoms with Crippen LogP contribution >= 0.6 is 0 Å². The first kappa shape index (κ1) is 16.9. The Morgan fingerprint density at radius 3 is 2.85 bits per heavy atom. The van der Waals surface area contributed by atoms with Gasteiger partial charge in [-0.25, -0.2) is 4.98 Å². The largest absolute Gasteiger partial charge is 0.452 e. The van der Waals surface area contributed by atoms with Crippen LogP contribution in [0.4, 0.5) is 5.82 Å². The highest BCUT2D eigenvalue weighted by Gasteiger charge is 2.16. The zero-order valence-corrected chi connectivity index (χ0v) is 15.2. The van der Waals surface area contributed by atoms with Crippen LogP contribution < -0.4 is 5.73 Å². The van der Waals surface area contributed by atoms with Crippen LogP contribution in [0.2, 0.25) is 0 Å². The minimum Gasteiger partial charge on any atom is -0.452 e. The third-order valence-corrected chi connectivity index (χ3v) is 4.48. The Hall–Kier alpha value is -3.54. The van der Waals surface area contributed by atoms with Gasteiger partial charge in [0.1, 0.15) is 5.76 Å². The SMILES string of the molecule is C/C=C(\C=N/CC)c1cnc(N)c2oc(-c3cccc4cnncc34)cc12. The molecule has 0 aliphatic rings. The molecule has 0 aliphatic heterocycles. The van der Waals surface area contributed by atoms with Gasteiger partial charge in [-0.3, -0.25) is 4.99 Å². The summed E-state index contributed by atoms with van der Waals surface area (Å²) in [5, 5.41) is 10.8. The van der Waals surface area contributed by atoms with E-state index < -0.39 is 0 Å². The second-order valence-electron chi connectivity index (χ2n) is 6.08. The Balaban J connectivity index is 1.96. The number of hydrogen-bond donors (Lipinski definition) is 1. The molecule has 0 atom stereocenters. The molecule has 2 N–H and O–H groups in total. The van der Waals surface area contributed by atoms with E-state index in [1.165, 1.54) is 0 Å². The van der Waals surface area contributed by atoms with E-state index in [1.807, 2.05) is 50.4 Å². The molecule has 0 unspecified atom stereocenters. The first-order chi connectivity index (χ1) is 13.2. The van der Waals surface area contributed by atoms with E-state index >= 15 is 0 Å². The Kier molecular flexibility index (Phi) is 4.38. The van der Waals surface area contributed by atoms with Crippen molar-refractivity contribution in [2.45, 2.75) is 13.8 Å². The first-order valence-electron chi connectivity index (χ1n) is 8.77. The number of pyridine rings is 1. The van der Waals surface area contributed by atoms with E-state index in [-0.39, 0.29) is 0 Å². The fraction of sp³-hybridized carbons (Fsp3) is 0.143. The predicted molar refractivity (Wildman–Crippen MR) is 110 cm³/mol. The van der Waals surface area contributed by atoms with Crippen LogP contribution in [0.5, 0.6) is 0 Å². The lowest BCUT2D eigenvalue weighted by Gasteiger charge is -2.03. The molecule has 6 nitrogen and oxygen atoms in total. The number of rotatable bonds is 4. The zero-order chi connectivity index (χ0) is 18.8. The van der Waals surface area contributed by atoms with Crippen molar-refractivity contribution in [3.63, 3.8) is 0 Å². The maximum absolute atomic E-state index is 6.13. The molecular weight excluding hydrogens is 338 g/mol. The summed E-state index contributed by atoms with van der Waals surface area (Å²) in [6.07, 6.45) is 9.11. The number of furan rings is 1. The van der Waals surface area contributed by atoms with E-state index in [4.69, 9.17) is 10.2 Å². The van der Waals surface area contributed by atoms with Gasteiger partial charge in [0.05, 0.1) is 12.4 Å². The molecule has 0 bridgehead atoms. The number of aromatic nitrogens is 3. The second kappa shape index (κ2) is 6.99. The summed E-state index contributed by atoms with van der Waals surface area (Å²) in [7, 11) is 0. The molecule has 1 aromatic carbocycles. The normalized spacial score (nSPS) is 12.4. The van der Waals surface area contributed by atoms with Gasteiger partial charge < -0.3 is 10.2 Å². The van der Waals surface area contributed by atoms with Crippen LogP contribution in [0.25, 0.3) is 38.6 Å². The summed E-state index contributed by atoms with van der Waals surface area (Å²) in [5.74, 6) is 1.08. The number of fused-ring (bicyclic) bond motifs is 2. The van der Waals surface area contributed by atoms with E-state index in [1.54, 1.807) is 18.6 Å². The lowest BCUT2D eigenvalue weighted by molar-refractivity contribution is 0.632. The molecule has 0 spiro atoms. The maximum Gasteiger partial charge on any atom is 0.177 e. The van der Waals surface area contributed by atoms with Gasteiger partial charge in [0.15, 0.2) is 11.4 Å². The number of nitrogens with zero attached hydrogens (tertiary/aromatic N) is 4. The van der Waals surface area contributed by atoms with Crippen molar-refractivity contribution < 1.29 is 4.42 Å². The molecule has 0 amide bonds. The van der Waals surface area contributed by atoms with Crippen LogP contribution in [-0.4, -0.2) is 27.9 Å². The van der Waals surface area contributed by atoms with Gasteiger partial charge in [-0.1, -0.05) is 24.3 Å². The van der Waals surface area contributed by atoms with Gasteiger partial charge in [-0.15, -0.1) is 0 Å². The third-order valence-electron chi connectivity index (χ3n) is 4.48. The van der Waals surface area contributed by atoms with Crippen LogP contribution in [0.15, 0.2) is 58.3 Å². The first-order valence-corrected chi connectivity index (χ1v) is 8.77. The van der Waals surface area contributed by atoms with Crippen molar-refractivity contribution >= 4 is 39.3 Å². The number of anilines is 1. The Morgan fingerprint density at radius 1 is 1.19 bits per heavy atom. The average molecular weight is 357 g/mol. The lowest BCUT2D eigenvalue weighted by Crippen LogP contribution is -1.94. The van der Waals surface area contributed by atoms with Crippen LogP contribution in [0, 0.1) is 0 Å². The summed E-state index contributed by atoms with van der Waals surface area (Å²) in [5.41, 5.74) is 9.52. The van der Waals surface area contributed by atoms with Gasteiger partial charge in [-0.05, 0) is 25.5 Å². The number of aliphatic imine (C=N–C) groups is 1. The molecule has 0 radical (unpaired) electrons. The Morgan fingerprint density at radius 2 is 2.04 bits per heavy atom. The second-order valence-corrected chi connectivity index (χ2v) is 6.08. The summed E-state index contributed by atoms with van der Waals surface area (Å²) >= 11 is 0. The smallest absolute Gasteiger partial charge is 0.177 e. The van der Waals surface area contributed by atoms with Crippen molar-refractivity contribution in [1.82, 2.24) is 15.2 Å². The van der Waals surface area contributed by atoms with Gasteiger partial charge in [-0.2, -0.15) is 10.2 Å². The highest BCUT2D eigenvalue weighted by molar-refractivity contribution is 6.15. The quantitative estimate of drug-likeness (QED) is 0.543. The van der Waals surface area contributed by atoms with Crippen molar-refractivity contribution in [3.05, 3.63) is 54.5 Å². The number of allylic oxidation sites excluding steroid dienone is 2. The summed E-state index contributed by atoms with van der Waals surface area (Å²) in [6, 6.07) is 7.97.